The van der Waals surface area contributed by atoms with Gasteiger partial charge in [0.25, 0.3) is 5.91 Å². The molecule has 0 aliphatic carbocycles. The first-order valence-corrected chi connectivity index (χ1v) is 6.84. The maximum atomic E-state index is 12.2. The van der Waals surface area contributed by atoms with E-state index in [9.17, 15) is 4.79 Å². The van der Waals surface area contributed by atoms with E-state index in [2.05, 4.69) is 28.5 Å². The highest BCUT2D eigenvalue weighted by Crippen LogP contribution is 2.17. The molecule has 1 atom stereocenters. The van der Waals surface area contributed by atoms with Crippen LogP contribution in [0.5, 0.6) is 0 Å². The molecule has 0 bridgehead atoms. The molecule has 1 aromatic rings. The monoisotopic (exact) mass is 261 g/mol. The standard InChI is InChI=1S/C15H23N3O/c1-11(6-7-18(2)3)17-15(19)12-4-5-13-9-16-10-14(13)8-12/h4-5,8,11,16H,6-7,9-10H2,1-3H3,(H,17,19). The van der Waals surface area contributed by atoms with Crippen LogP contribution < -0.4 is 10.6 Å². The van der Waals surface area contributed by atoms with Crippen LogP contribution in [0.15, 0.2) is 18.2 Å². The summed E-state index contributed by atoms with van der Waals surface area (Å²) in [4.78, 5) is 14.3. The molecule has 2 rings (SSSR count). The Hall–Kier alpha value is -1.39. The fourth-order valence-electron chi connectivity index (χ4n) is 2.27. The van der Waals surface area contributed by atoms with E-state index in [1.54, 1.807) is 0 Å². The second-order valence-corrected chi connectivity index (χ2v) is 5.55. The molecule has 0 aromatic heterocycles. The van der Waals surface area contributed by atoms with Gasteiger partial charge in [-0.15, -0.1) is 0 Å². The third-order valence-electron chi connectivity index (χ3n) is 3.49. The maximum Gasteiger partial charge on any atom is 0.251 e. The van der Waals surface area contributed by atoms with E-state index in [1.807, 2.05) is 26.2 Å². The number of nitrogens with one attached hydrogen (secondary N) is 2. The summed E-state index contributed by atoms with van der Waals surface area (Å²) in [7, 11) is 4.09. The second kappa shape index (κ2) is 6.17. The van der Waals surface area contributed by atoms with E-state index < -0.39 is 0 Å². The van der Waals surface area contributed by atoms with Crippen molar-refractivity contribution in [2.45, 2.75) is 32.5 Å². The van der Waals surface area contributed by atoms with Crippen molar-refractivity contribution in [2.24, 2.45) is 0 Å². The lowest BCUT2D eigenvalue weighted by Crippen LogP contribution is -2.34. The van der Waals surface area contributed by atoms with Gasteiger partial charge in [0.2, 0.25) is 0 Å². The molecule has 1 aliphatic heterocycles. The lowest BCUT2D eigenvalue weighted by atomic mass is 10.1. The Morgan fingerprint density at radius 1 is 1.37 bits per heavy atom. The first-order chi connectivity index (χ1) is 9.06. The lowest BCUT2D eigenvalue weighted by molar-refractivity contribution is 0.0936. The van der Waals surface area contributed by atoms with Crippen molar-refractivity contribution in [2.75, 3.05) is 20.6 Å². The first-order valence-electron chi connectivity index (χ1n) is 6.84. The number of benzene rings is 1. The Morgan fingerprint density at radius 2 is 2.11 bits per heavy atom. The number of rotatable bonds is 5. The summed E-state index contributed by atoms with van der Waals surface area (Å²) in [6.07, 6.45) is 0.964. The molecule has 0 saturated heterocycles. The Balaban J connectivity index is 1.92. The van der Waals surface area contributed by atoms with Gasteiger partial charge in [0, 0.05) is 24.7 Å². The average molecular weight is 261 g/mol. The minimum absolute atomic E-state index is 0.0287. The molecule has 0 saturated carbocycles. The van der Waals surface area contributed by atoms with Gasteiger partial charge in [-0.3, -0.25) is 4.79 Å². The van der Waals surface area contributed by atoms with E-state index in [4.69, 9.17) is 0 Å². The van der Waals surface area contributed by atoms with E-state index in [1.165, 1.54) is 11.1 Å². The normalized spacial score (nSPS) is 15.4. The number of carbonyl (C=O) groups excluding carboxylic acids is 1. The van der Waals surface area contributed by atoms with Crippen molar-refractivity contribution in [3.8, 4) is 0 Å². The Bertz CT molecular complexity index is 457. The molecule has 4 heteroatoms. The topological polar surface area (TPSA) is 44.4 Å². The summed E-state index contributed by atoms with van der Waals surface area (Å²) >= 11 is 0. The fourth-order valence-corrected chi connectivity index (χ4v) is 2.27. The summed E-state index contributed by atoms with van der Waals surface area (Å²) < 4.78 is 0. The number of fused-ring (bicyclic) bond motifs is 1. The second-order valence-electron chi connectivity index (χ2n) is 5.55. The van der Waals surface area contributed by atoms with Gasteiger partial charge in [-0.25, -0.2) is 0 Å². The van der Waals surface area contributed by atoms with Crippen LogP contribution >= 0.6 is 0 Å². The van der Waals surface area contributed by atoms with Crippen molar-refractivity contribution in [3.05, 3.63) is 34.9 Å². The highest BCUT2D eigenvalue weighted by molar-refractivity contribution is 5.94. The first kappa shape index (κ1) is 14.0. The van der Waals surface area contributed by atoms with Crippen LogP contribution in [0.2, 0.25) is 0 Å². The predicted octanol–water partition coefficient (Wildman–Crippen LogP) is 1.36. The highest BCUT2D eigenvalue weighted by atomic mass is 16.1. The average Bonchev–Trinajstić information content (AvgIpc) is 2.83. The number of carbonyl (C=O) groups is 1. The van der Waals surface area contributed by atoms with Crippen molar-refractivity contribution in [1.29, 1.82) is 0 Å². The highest BCUT2D eigenvalue weighted by Gasteiger charge is 2.14. The Labute approximate surface area is 115 Å². The zero-order valence-corrected chi connectivity index (χ0v) is 12.0. The van der Waals surface area contributed by atoms with Crippen LogP contribution in [0.3, 0.4) is 0 Å². The number of hydrogen-bond acceptors (Lipinski definition) is 3. The molecule has 1 amide bonds. The van der Waals surface area contributed by atoms with Crippen LogP contribution in [-0.2, 0) is 13.1 Å². The van der Waals surface area contributed by atoms with Gasteiger partial charge in [0.05, 0.1) is 0 Å². The predicted molar refractivity (Wildman–Crippen MR) is 77.1 cm³/mol. The summed E-state index contributed by atoms with van der Waals surface area (Å²) in [6, 6.07) is 6.17. The minimum atomic E-state index is 0.0287. The molecule has 0 fully saturated rings. The smallest absolute Gasteiger partial charge is 0.251 e. The van der Waals surface area contributed by atoms with Gasteiger partial charge in [-0.2, -0.15) is 0 Å². The molecule has 0 spiro atoms. The number of hydrogen-bond donors (Lipinski definition) is 2. The third-order valence-corrected chi connectivity index (χ3v) is 3.49. The van der Waals surface area contributed by atoms with Crippen LogP contribution in [0.25, 0.3) is 0 Å². The SMILES string of the molecule is CC(CCN(C)C)NC(=O)c1ccc2c(c1)CNC2. The van der Waals surface area contributed by atoms with E-state index in [-0.39, 0.29) is 11.9 Å². The molecule has 4 nitrogen and oxygen atoms in total. The molecular weight excluding hydrogens is 238 g/mol. The lowest BCUT2D eigenvalue weighted by Gasteiger charge is -2.17. The van der Waals surface area contributed by atoms with Crippen LogP contribution in [0.1, 0.15) is 34.8 Å². The molecule has 1 unspecified atom stereocenters. The number of amides is 1. The van der Waals surface area contributed by atoms with E-state index >= 15 is 0 Å². The van der Waals surface area contributed by atoms with E-state index in [0.29, 0.717) is 0 Å². The van der Waals surface area contributed by atoms with Crippen molar-refractivity contribution < 1.29 is 4.79 Å². The van der Waals surface area contributed by atoms with Gasteiger partial charge < -0.3 is 15.5 Å². The van der Waals surface area contributed by atoms with Crippen LogP contribution in [-0.4, -0.2) is 37.5 Å². The molecule has 2 N–H and O–H groups in total. The van der Waals surface area contributed by atoms with Gasteiger partial charge in [0.15, 0.2) is 0 Å². The van der Waals surface area contributed by atoms with Gasteiger partial charge in [-0.05, 0) is 57.2 Å². The van der Waals surface area contributed by atoms with Crippen molar-refractivity contribution in [1.82, 2.24) is 15.5 Å². The number of nitrogens with zero attached hydrogens (tertiary/aromatic N) is 1. The zero-order chi connectivity index (χ0) is 13.8. The quantitative estimate of drug-likeness (QED) is 0.841. The summed E-state index contributed by atoms with van der Waals surface area (Å²) in [5.41, 5.74) is 3.31. The molecule has 1 aromatic carbocycles. The molecule has 1 heterocycles. The van der Waals surface area contributed by atoms with Gasteiger partial charge in [0.1, 0.15) is 0 Å². The van der Waals surface area contributed by atoms with Crippen molar-refractivity contribution in [3.63, 3.8) is 0 Å². The largest absolute Gasteiger partial charge is 0.350 e. The minimum Gasteiger partial charge on any atom is -0.350 e. The van der Waals surface area contributed by atoms with Gasteiger partial charge in [-0.1, -0.05) is 6.07 Å². The zero-order valence-electron chi connectivity index (χ0n) is 12.0. The fraction of sp³-hybridized carbons (Fsp3) is 0.533. The Morgan fingerprint density at radius 3 is 2.84 bits per heavy atom. The summed E-state index contributed by atoms with van der Waals surface area (Å²) in [5, 5.41) is 6.35. The maximum absolute atomic E-state index is 12.2. The van der Waals surface area contributed by atoms with Gasteiger partial charge >= 0.3 is 0 Å². The molecule has 1 aliphatic rings. The molecule has 19 heavy (non-hydrogen) atoms. The van der Waals surface area contributed by atoms with Crippen LogP contribution in [0, 0.1) is 0 Å². The molecule has 0 radical (unpaired) electrons. The third kappa shape index (κ3) is 3.78. The molecular formula is C15H23N3O. The molecule has 104 valence electrons. The van der Waals surface area contributed by atoms with Crippen LogP contribution in [0.4, 0.5) is 0 Å². The van der Waals surface area contributed by atoms with E-state index in [0.717, 1.165) is 31.6 Å². The van der Waals surface area contributed by atoms with Crippen molar-refractivity contribution >= 4 is 5.91 Å². The Kier molecular flexibility index (Phi) is 4.56. The summed E-state index contributed by atoms with van der Waals surface area (Å²) in [5.74, 6) is 0.0287. The summed E-state index contributed by atoms with van der Waals surface area (Å²) in [6.45, 7) is 4.81.